The molecule has 1 aliphatic heterocycles. The number of benzene rings is 1. The first kappa shape index (κ1) is 22.0. The zero-order valence-corrected chi connectivity index (χ0v) is 18.9. The molecule has 29 heavy (non-hydrogen) atoms. The van der Waals surface area contributed by atoms with Crippen molar-refractivity contribution in [1.29, 1.82) is 0 Å². The molecule has 0 radical (unpaired) electrons. The third-order valence-corrected chi connectivity index (χ3v) is 6.69. The number of nitrogens with one attached hydrogen (secondary N) is 2. The van der Waals surface area contributed by atoms with Crippen LogP contribution in [0.3, 0.4) is 0 Å². The van der Waals surface area contributed by atoms with Gasteiger partial charge in [-0.15, -0.1) is 0 Å². The van der Waals surface area contributed by atoms with Crippen LogP contribution in [0.2, 0.25) is 0 Å². The maximum Gasteiger partial charge on any atom is 0.262 e. The number of para-hydroxylation sites is 1. The second-order valence-electron chi connectivity index (χ2n) is 9.14. The summed E-state index contributed by atoms with van der Waals surface area (Å²) in [5, 5.41) is 1.30. The van der Waals surface area contributed by atoms with Crippen molar-refractivity contribution in [1.82, 2.24) is 9.55 Å². The third kappa shape index (κ3) is 5.68. The second-order valence-corrected chi connectivity index (χ2v) is 10.1. The minimum absolute atomic E-state index is 0.000806. The van der Waals surface area contributed by atoms with Crippen molar-refractivity contribution >= 4 is 28.4 Å². The van der Waals surface area contributed by atoms with Gasteiger partial charge in [0.1, 0.15) is 32.0 Å². The van der Waals surface area contributed by atoms with Gasteiger partial charge in [0.15, 0.2) is 5.16 Å². The molecule has 1 aromatic heterocycles. The van der Waals surface area contributed by atoms with Gasteiger partial charge in [-0.1, -0.05) is 44.7 Å². The average molecular weight is 419 g/mol. The summed E-state index contributed by atoms with van der Waals surface area (Å²) >= 11 is 1.39. The lowest BCUT2D eigenvalue weighted by atomic mass is 9.92. The summed E-state index contributed by atoms with van der Waals surface area (Å²) in [6.07, 6.45) is 0.940. The molecule has 0 aliphatic carbocycles. The van der Waals surface area contributed by atoms with Crippen molar-refractivity contribution < 1.29 is 14.6 Å². The lowest BCUT2D eigenvalue weighted by molar-refractivity contribution is -1.00. The molecule has 2 aromatic rings. The van der Waals surface area contributed by atoms with Crippen LogP contribution < -0.4 is 15.4 Å². The molecule has 6 nitrogen and oxygen atoms in total. The van der Waals surface area contributed by atoms with Gasteiger partial charge in [0.2, 0.25) is 0 Å². The average Bonchev–Trinajstić information content (AvgIpc) is 2.68. The van der Waals surface area contributed by atoms with Crippen molar-refractivity contribution in [3.8, 4) is 0 Å². The molecule has 2 N–H and O–H groups in total. The highest BCUT2D eigenvalue weighted by Gasteiger charge is 2.23. The van der Waals surface area contributed by atoms with Gasteiger partial charge >= 0.3 is 0 Å². The van der Waals surface area contributed by atoms with Crippen LogP contribution in [0.4, 0.5) is 0 Å². The zero-order valence-electron chi connectivity index (χ0n) is 18.1. The number of rotatable bonds is 7. The van der Waals surface area contributed by atoms with Gasteiger partial charge in [-0.05, 0) is 12.1 Å². The maximum atomic E-state index is 13.1. The predicted molar refractivity (Wildman–Crippen MR) is 118 cm³/mol. The standard InChI is InChI=1S/C22H32N4O2S/c1-22(2,3)19(27)16-29-21-23-18-9-6-5-8-17(18)20(28)26(21)11-7-10-25-14-12-24(4)13-15-25/h5-6,8-9H,7,10-16H2,1-4H3/p+2. The molecule has 1 saturated heterocycles. The lowest BCUT2D eigenvalue weighted by Crippen LogP contribution is -3.27. The topological polar surface area (TPSA) is 60.8 Å². The summed E-state index contributed by atoms with van der Waals surface area (Å²) in [5.41, 5.74) is 0.313. The Hall–Kier alpha value is -1.70. The van der Waals surface area contributed by atoms with Crippen LogP contribution >= 0.6 is 11.8 Å². The van der Waals surface area contributed by atoms with E-state index in [0.29, 0.717) is 28.4 Å². The molecule has 3 rings (SSSR count). The van der Waals surface area contributed by atoms with Gasteiger partial charge in [0, 0.05) is 18.4 Å². The van der Waals surface area contributed by atoms with Crippen molar-refractivity contribution in [2.45, 2.75) is 38.9 Å². The number of ketones is 1. The number of hydrogen-bond donors (Lipinski definition) is 2. The van der Waals surface area contributed by atoms with Crippen LogP contribution in [0.25, 0.3) is 10.9 Å². The van der Waals surface area contributed by atoms with E-state index in [-0.39, 0.29) is 16.8 Å². The van der Waals surface area contributed by atoms with E-state index in [2.05, 4.69) is 7.05 Å². The van der Waals surface area contributed by atoms with E-state index in [0.717, 1.165) is 13.0 Å². The Morgan fingerprint density at radius 3 is 2.55 bits per heavy atom. The van der Waals surface area contributed by atoms with Gasteiger partial charge in [-0.2, -0.15) is 0 Å². The summed E-state index contributed by atoms with van der Waals surface area (Å²) in [6.45, 7) is 12.3. The van der Waals surface area contributed by atoms with E-state index in [1.165, 1.54) is 37.9 Å². The first-order valence-electron chi connectivity index (χ1n) is 10.6. The number of thioether (sulfide) groups is 1. The molecule has 2 heterocycles. The van der Waals surface area contributed by atoms with Crippen LogP contribution in [-0.2, 0) is 11.3 Å². The van der Waals surface area contributed by atoms with Crippen molar-refractivity contribution in [2.24, 2.45) is 5.41 Å². The van der Waals surface area contributed by atoms with E-state index in [9.17, 15) is 9.59 Å². The summed E-state index contributed by atoms with van der Waals surface area (Å²) in [6, 6.07) is 7.48. The number of fused-ring (bicyclic) bond motifs is 1. The number of Topliss-reactive ketones (excluding diaryl/α,β-unsaturated/α-hetero) is 1. The quantitative estimate of drug-likeness (QED) is 0.487. The summed E-state index contributed by atoms with van der Waals surface area (Å²) < 4.78 is 1.78. The smallest absolute Gasteiger partial charge is 0.262 e. The fourth-order valence-electron chi connectivity index (χ4n) is 3.57. The third-order valence-electron chi connectivity index (χ3n) is 5.72. The first-order valence-corrected chi connectivity index (χ1v) is 11.5. The monoisotopic (exact) mass is 418 g/mol. The highest BCUT2D eigenvalue weighted by atomic mass is 32.2. The number of carbonyl (C=O) groups excluding carboxylic acids is 1. The molecular formula is C22H34N4O2S+2. The molecule has 0 atom stereocenters. The normalized spacial score (nSPS) is 20.1. The fraction of sp³-hybridized carbons (Fsp3) is 0.591. The molecule has 158 valence electrons. The Morgan fingerprint density at radius 2 is 1.86 bits per heavy atom. The maximum absolute atomic E-state index is 13.1. The van der Waals surface area contributed by atoms with Gasteiger partial charge in [-0.25, -0.2) is 4.98 Å². The largest absolute Gasteiger partial charge is 0.328 e. The summed E-state index contributed by atoms with van der Waals surface area (Å²) in [7, 11) is 2.25. The van der Waals surface area contributed by atoms with Gasteiger partial charge < -0.3 is 9.80 Å². The Morgan fingerprint density at radius 1 is 1.17 bits per heavy atom. The predicted octanol–water partition coefficient (Wildman–Crippen LogP) is -0.0929. The fourth-order valence-corrected chi connectivity index (χ4v) is 4.76. The van der Waals surface area contributed by atoms with Crippen LogP contribution in [0.5, 0.6) is 0 Å². The van der Waals surface area contributed by atoms with Crippen molar-refractivity contribution in [3.63, 3.8) is 0 Å². The van der Waals surface area contributed by atoms with E-state index >= 15 is 0 Å². The van der Waals surface area contributed by atoms with E-state index in [1.807, 2.05) is 45.0 Å². The highest BCUT2D eigenvalue weighted by molar-refractivity contribution is 7.99. The number of aromatic nitrogens is 2. The van der Waals surface area contributed by atoms with Crippen LogP contribution in [0.1, 0.15) is 27.2 Å². The van der Waals surface area contributed by atoms with Gasteiger partial charge in [0.25, 0.3) is 5.56 Å². The second kappa shape index (κ2) is 9.41. The Balaban J connectivity index is 1.77. The van der Waals surface area contributed by atoms with E-state index in [1.54, 1.807) is 14.4 Å². The summed E-state index contributed by atoms with van der Waals surface area (Å²) in [4.78, 5) is 33.5. The SMILES string of the molecule is C[NH+]1CC[NH+](CCCn2c(SCC(=O)C(C)(C)C)nc3ccccc3c2=O)CC1. The van der Waals surface area contributed by atoms with E-state index in [4.69, 9.17) is 4.98 Å². The van der Waals surface area contributed by atoms with Gasteiger partial charge in [-0.3, -0.25) is 14.2 Å². The van der Waals surface area contributed by atoms with Crippen molar-refractivity contribution in [3.05, 3.63) is 34.6 Å². The molecular weight excluding hydrogens is 384 g/mol. The lowest BCUT2D eigenvalue weighted by Gasteiger charge is -2.27. The minimum atomic E-state index is -0.387. The number of carbonyl (C=O) groups is 1. The highest BCUT2D eigenvalue weighted by Crippen LogP contribution is 2.23. The van der Waals surface area contributed by atoms with Crippen LogP contribution in [0, 0.1) is 5.41 Å². The number of quaternary nitrogens is 2. The molecule has 1 aromatic carbocycles. The molecule has 1 fully saturated rings. The number of piperazine rings is 1. The zero-order chi connectivity index (χ0) is 21.0. The molecule has 0 spiro atoms. The molecule has 0 saturated carbocycles. The number of hydrogen-bond acceptors (Lipinski definition) is 4. The Bertz CT molecular complexity index is 911. The molecule has 0 amide bonds. The van der Waals surface area contributed by atoms with Crippen molar-refractivity contribution in [2.75, 3.05) is 45.5 Å². The van der Waals surface area contributed by atoms with Crippen LogP contribution in [0.15, 0.2) is 34.2 Å². The van der Waals surface area contributed by atoms with Crippen LogP contribution in [-0.4, -0.2) is 60.9 Å². The molecule has 0 bridgehead atoms. The molecule has 1 aliphatic rings. The Kier molecular flexibility index (Phi) is 7.14. The molecule has 7 heteroatoms. The first-order chi connectivity index (χ1) is 13.8. The van der Waals surface area contributed by atoms with E-state index < -0.39 is 0 Å². The number of likely N-dealkylation sites (N-methyl/N-ethyl adjacent to an activating group) is 1. The summed E-state index contributed by atoms with van der Waals surface area (Å²) in [5.74, 6) is 0.502. The van der Waals surface area contributed by atoms with Gasteiger partial charge in [0.05, 0.1) is 30.2 Å². The minimum Gasteiger partial charge on any atom is -0.328 e. The Labute approximate surface area is 177 Å². The molecule has 0 unspecified atom stereocenters. The number of nitrogens with zero attached hydrogens (tertiary/aromatic N) is 2.